The Hall–Kier alpha value is -1.49. The van der Waals surface area contributed by atoms with Gasteiger partial charge in [0.15, 0.2) is 0 Å². The highest BCUT2D eigenvalue weighted by Gasteiger charge is 2.12. The molecule has 116 valence electrons. The molecule has 2 aromatic rings. The number of hydrogen-bond acceptors (Lipinski definition) is 4. The van der Waals surface area contributed by atoms with Crippen LogP contribution < -0.4 is 0 Å². The Morgan fingerprint density at radius 1 is 1.09 bits per heavy atom. The Bertz CT molecular complexity index is 676. The van der Waals surface area contributed by atoms with Gasteiger partial charge in [0.2, 0.25) is 0 Å². The summed E-state index contributed by atoms with van der Waals surface area (Å²) in [4.78, 5) is 2.29. The Kier molecular flexibility index (Phi) is 4.71. The van der Waals surface area contributed by atoms with Crippen LogP contribution in [0.2, 0.25) is 10.0 Å². The van der Waals surface area contributed by atoms with Gasteiger partial charge in [-0.05, 0) is 37.4 Å². The Morgan fingerprint density at radius 3 is 2.64 bits per heavy atom. The highest BCUT2D eigenvalue weighted by molar-refractivity contribution is 6.35. The Labute approximate surface area is 139 Å². The molecule has 4 nitrogen and oxygen atoms in total. The minimum absolute atomic E-state index is 0.612. The summed E-state index contributed by atoms with van der Waals surface area (Å²) < 4.78 is 5.79. The third-order valence-corrected chi connectivity index (χ3v) is 4.21. The molecule has 22 heavy (non-hydrogen) atoms. The number of nitrogens with zero attached hydrogens (tertiary/aromatic N) is 3. The van der Waals surface area contributed by atoms with E-state index in [-0.39, 0.29) is 0 Å². The van der Waals surface area contributed by atoms with Gasteiger partial charge in [-0.15, -0.1) is 0 Å². The predicted molar refractivity (Wildman–Crippen MR) is 90.8 cm³/mol. The van der Waals surface area contributed by atoms with Crippen LogP contribution >= 0.6 is 23.2 Å². The van der Waals surface area contributed by atoms with Gasteiger partial charge >= 0.3 is 0 Å². The molecule has 6 heteroatoms. The van der Waals surface area contributed by atoms with E-state index in [2.05, 4.69) is 22.1 Å². The molecule has 0 spiro atoms. The van der Waals surface area contributed by atoms with Crippen LogP contribution in [0.5, 0.6) is 0 Å². The van der Waals surface area contributed by atoms with Crippen molar-refractivity contribution >= 4 is 29.4 Å². The molecule has 0 N–H and O–H groups in total. The lowest BCUT2D eigenvalue weighted by Crippen LogP contribution is -2.41. The zero-order valence-corrected chi connectivity index (χ0v) is 13.8. The van der Waals surface area contributed by atoms with Gasteiger partial charge in [-0.1, -0.05) is 23.2 Å². The lowest BCUT2D eigenvalue weighted by molar-refractivity contribution is 0.159. The largest absolute Gasteiger partial charge is 0.455 e. The maximum atomic E-state index is 6.19. The van der Waals surface area contributed by atoms with E-state index in [1.807, 2.05) is 12.1 Å². The molecule has 1 aliphatic rings. The molecule has 0 unspecified atom stereocenters. The lowest BCUT2D eigenvalue weighted by atomic mass is 10.2. The van der Waals surface area contributed by atoms with E-state index in [4.69, 9.17) is 27.6 Å². The predicted octanol–water partition coefficient (Wildman–Crippen LogP) is 3.83. The van der Waals surface area contributed by atoms with Crippen LogP contribution in [0.3, 0.4) is 0 Å². The van der Waals surface area contributed by atoms with Crippen molar-refractivity contribution in [3.8, 4) is 11.3 Å². The van der Waals surface area contributed by atoms with E-state index in [0.29, 0.717) is 21.6 Å². The van der Waals surface area contributed by atoms with E-state index in [1.165, 1.54) is 0 Å². The molecular formula is C16H17Cl2N3O. The first-order valence-electron chi connectivity index (χ1n) is 7.14. The molecule has 0 amide bonds. The van der Waals surface area contributed by atoms with E-state index >= 15 is 0 Å². The van der Waals surface area contributed by atoms with Gasteiger partial charge in [-0.2, -0.15) is 5.10 Å². The summed E-state index contributed by atoms with van der Waals surface area (Å²) in [6.07, 6.45) is 1.74. The number of likely N-dealkylation sites (N-methyl/N-ethyl adjacent to an activating group) is 1. The van der Waals surface area contributed by atoms with Crippen molar-refractivity contribution in [3.63, 3.8) is 0 Å². The monoisotopic (exact) mass is 337 g/mol. The van der Waals surface area contributed by atoms with Crippen LogP contribution in [0.4, 0.5) is 0 Å². The van der Waals surface area contributed by atoms with E-state index in [1.54, 1.807) is 24.4 Å². The summed E-state index contributed by atoms with van der Waals surface area (Å²) in [6, 6.07) is 9.07. The number of hydrazone groups is 1. The van der Waals surface area contributed by atoms with Crippen molar-refractivity contribution in [2.24, 2.45) is 5.10 Å². The highest BCUT2D eigenvalue weighted by atomic mass is 35.5. The fraction of sp³-hybridized carbons (Fsp3) is 0.312. The maximum Gasteiger partial charge on any atom is 0.147 e. The third kappa shape index (κ3) is 3.64. The minimum atomic E-state index is 0.612. The van der Waals surface area contributed by atoms with E-state index < -0.39 is 0 Å². The molecular weight excluding hydrogens is 321 g/mol. The van der Waals surface area contributed by atoms with Crippen LogP contribution in [0, 0.1) is 0 Å². The SMILES string of the molecule is CN1CCN(/N=C\c2ccc(-c3cc(Cl)ccc3Cl)o2)CC1. The van der Waals surface area contributed by atoms with Gasteiger partial charge in [0.25, 0.3) is 0 Å². The normalized spacial score (nSPS) is 16.6. The van der Waals surface area contributed by atoms with Crippen molar-refractivity contribution in [1.29, 1.82) is 0 Å². The van der Waals surface area contributed by atoms with Crippen molar-refractivity contribution in [1.82, 2.24) is 9.91 Å². The summed E-state index contributed by atoms with van der Waals surface area (Å²) in [7, 11) is 2.12. The molecule has 1 aliphatic heterocycles. The first-order valence-corrected chi connectivity index (χ1v) is 7.90. The van der Waals surface area contributed by atoms with Gasteiger partial charge < -0.3 is 9.32 Å². The summed E-state index contributed by atoms with van der Waals surface area (Å²) in [6.45, 7) is 3.92. The van der Waals surface area contributed by atoms with Gasteiger partial charge in [-0.3, -0.25) is 5.01 Å². The molecule has 0 radical (unpaired) electrons. The molecule has 1 fully saturated rings. The molecule has 0 atom stereocenters. The van der Waals surface area contributed by atoms with Crippen LogP contribution in [-0.2, 0) is 0 Å². The molecule has 1 saturated heterocycles. The van der Waals surface area contributed by atoms with Crippen molar-refractivity contribution in [2.75, 3.05) is 33.2 Å². The maximum absolute atomic E-state index is 6.19. The number of hydrogen-bond donors (Lipinski definition) is 0. The Balaban J connectivity index is 1.72. The number of benzene rings is 1. The first kappa shape index (κ1) is 15.4. The van der Waals surface area contributed by atoms with Crippen LogP contribution in [0.15, 0.2) is 39.9 Å². The second kappa shape index (κ2) is 6.73. The topological polar surface area (TPSA) is 32.0 Å². The lowest BCUT2D eigenvalue weighted by Gasteiger charge is -2.30. The number of halogens is 2. The molecule has 1 aromatic heterocycles. The van der Waals surface area contributed by atoms with Crippen LogP contribution in [0.1, 0.15) is 5.76 Å². The van der Waals surface area contributed by atoms with E-state index in [9.17, 15) is 0 Å². The van der Waals surface area contributed by atoms with Crippen molar-refractivity contribution in [3.05, 3.63) is 46.1 Å². The second-order valence-corrected chi connectivity index (χ2v) is 6.17. The zero-order valence-electron chi connectivity index (χ0n) is 12.3. The minimum Gasteiger partial charge on any atom is -0.455 e. The summed E-state index contributed by atoms with van der Waals surface area (Å²) in [5.74, 6) is 1.39. The van der Waals surface area contributed by atoms with Crippen molar-refractivity contribution < 1.29 is 4.42 Å². The molecule has 0 saturated carbocycles. The number of piperazine rings is 1. The molecule has 1 aromatic carbocycles. The average Bonchev–Trinajstić information content (AvgIpc) is 2.98. The summed E-state index contributed by atoms with van der Waals surface area (Å²) in [5.41, 5.74) is 0.786. The number of rotatable bonds is 3. The van der Waals surface area contributed by atoms with Gasteiger partial charge in [-0.25, -0.2) is 0 Å². The van der Waals surface area contributed by atoms with Crippen LogP contribution in [0.25, 0.3) is 11.3 Å². The highest BCUT2D eigenvalue weighted by Crippen LogP contribution is 2.31. The van der Waals surface area contributed by atoms with Gasteiger partial charge in [0.05, 0.1) is 11.2 Å². The first-order chi connectivity index (χ1) is 10.6. The fourth-order valence-electron chi connectivity index (χ4n) is 2.30. The van der Waals surface area contributed by atoms with E-state index in [0.717, 1.165) is 31.7 Å². The quantitative estimate of drug-likeness (QED) is 0.797. The zero-order chi connectivity index (χ0) is 15.5. The smallest absolute Gasteiger partial charge is 0.147 e. The average molecular weight is 338 g/mol. The molecule has 3 rings (SSSR count). The summed E-state index contributed by atoms with van der Waals surface area (Å²) >= 11 is 12.2. The van der Waals surface area contributed by atoms with Gasteiger partial charge in [0, 0.05) is 36.8 Å². The second-order valence-electron chi connectivity index (χ2n) is 5.33. The summed E-state index contributed by atoms with van der Waals surface area (Å²) in [5, 5.41) is 7.75. The number of furan rings is 1. The molecule has 2 heterocycles. The third-order valence-electron chi connectivity index (χ3n) is 3.65. The van der Waals surface area contributed by atoms with Crippen molar-refractivity contribution in [2.45, 2.75) is 0 Å². The fourth-order valence-corrected chi connectivity index (χ4v) is 2.69. The van der Waals surface area contributed by atoms with Gasteiger partial charge in [0.1, 0.15) is 11.5 Å². The molecule has 0 bridgehead atoms. The standard InChI is InChI=1S/C16H17Cl2N3O/c1-20-6-8-21(9-7-20)19-11-13-3-5-16(22-13)14-10-12(17)2-4-15(14)18/h2-5,10-11H,6-9H2,1H3/b19-11-. The van der Waals surface area contributed by atoms with Crippen LogP contribution in [-0.4, -0.2) is 49.4 Å². The molecule has 0 aliphatic carbocycles. The Morgan fingerprint density at radius 2 is 1.86 bits per heavy atom.